The molecule has 0 saturated carbocycles. The van der Waals surface area contributed by atoms with Crippen LogP contribution in [0.25, 0.3) is 0 Å². The Hall–Kier alpha value is -1.65. The molecule has 1 heterocycles. The molecule has 1 aromatic heterocycles. The van der Waals surface area contributed by atoms with Gasteiger partial charge in [-0.15, -0.1) is 11.3 Å². The zero-order valence-electron chi connectivity index (χ0n) is 9.91. The second-order valence-corrected chi connectivity index (χ2v) is 5.02. The number of hydrogen-bond acceptors (Lipinski definition) is 4. The zero-order chi connectivity index (χ0) is 12.8. The van der Waals surface area contributed by atoms with Gasteiger partial charge in [-0.1, -0.05) is 36.4 Å². The summed E-state index contributed by atoms with van der Waals surface area (Å²) in [6.07, 6.45) is 0.533. The lowest BCUT2D eigenvalue weighted by Gasteiger charge is -2.10. The van der Waals surface area contributed by atoms with Crippen LogP contribution in [0.3, 0.4) is 0 Å². The van der Waals surface area contributed by atoms with Gasteiger partial charge in [-0.05, 0) is 17.0 Å². The predicted molar refractivity (Wildman–Crippen MR) is 72.2 cm³/mol. The molecule has 2 aromatic rings. The molecule has 4 heteroatoms. The van der Waals surface area contributed by atoms with Crippen LogP contribution in [0.15, 0.2) is 47.8 Å². The first kappa shape index (κ1) is 12.8. The number of benzene rings is 1. The molecule has 18 heavy (non-hydrogen) atoms. The van der Waals surface area contributed by atoms with Gasteiger partial charge in [-0.2, -0.15) is 0 Å². The molecule has 0 radical (unpaired) electrons. The molecule has 94 valence electrons. The molecule has 0 bridgehead atoms. The minimum Gasteiger partial charge on any atom is -0.460 e. The van der Waals surface area contributed by atoms with E-state index in [1.807, 2.05) is 47.8 Å². The summed E-state index contributed by atoms with van der Waals surface area (Å²) < 4.78 is 5.18. The number of nitrogens with two attached hydrogens (primary N) is 1. The maximum atomic E-state index is 11.7. The van der Waals surface area contributed by atoms with Gasteiger partial charge < -0.3 is 10.5 Å². The third-order valence-electron chi connectivity index (χ3n) is 2.53. The van der Waals surface area contributed by atoms with Gasteiger partial charge in [-0.3, -0.25) is 4.79 Å². The van der Waals surface area contributed by atoms with E-state index in [2.05, 4.69) is 0 Å². The van der Waals surface area contributed by atoms with Crippen molar-refractivity contribution in [3.8, 4) is 0 Å². The molecule has 0 fully saturated rings. The van der Waals surface area contributed by atoms with Gasteiger partial charge in [0.15, 0.2) is 0 Å². The topological polar surface area (TPSA) is 52.3 Å². The van der Waals surface area contributed by atoms with Crippen LogP contribution in [0.2, 0.25) is 0 Å². The third kappa shape index (κ3) is 3.68. The Morgan fingerprint density at radius 2 is 2.00 bits per heavy atom. The molecule has 0 aliphatic carbocycles. The number of thiophene rings is 1. The molecule has 1 aromatic carbocycles. The fourth-order valence-corrected chi connectivity index (χ4v) is 2.33. The van der Waals surface area contributed by atoms with E-state index in [0.717, 1.165) is 10.4 Å². The van der Waals surface area contributed by atoms with Gasteiger partial charge in [-0.25, -0.2) is 0 Å². The number of hydrogen-bond donors (Lipinski definition) is 1. The minimum atomic E-state index is -0.590. The Labute approximate surface area is 110 Å². The monoisotopic (exact) mass is 261 g/mol. The molecule has 0 spiro atoms. The number of carbonyl (C=O) groups excluding carboxylic acids is 1. The van der Waals surface area contributed by atoms with Crippen molar-refractivity contribution >= 4 is 17.3 Å². The summed E-state index contributed by atoms with van der Waals surface area (Å²) in [6.45, 7) is 0.276. The minimum absolute atomic E-state index is 0.276. The van der Waals surface area contributed by atoms with E-state index in [1.165, 1.54) is 0 Å². The molecule has 1 atom stereocenters. The average molecular weight is 261 g/mol. The van der Waals surface area contributed by atoms with Gasteiger partial charge >= 0.3 is 5.97 Å². The molecule has 0 amide bonds. The van der Waals surface area contributed by atoms with Crippen molar-refractivity contribution in [3.05, 3.63) is 58.3 Å². The Kier molecular flexibility index (Phi) is 4.50. The van der Waals surface area contributed by atoms with Gasteiger partial charge in [0, 0.05) is 11.3 Å². The van der Waals surface area contributed by atoms with Crippen LogP contribution >= 0.6 is 11.3 Å². The molecule has 0 saturated heterocycles. The molecule has 3 nitrogen and oxygen atoms in total. The lowest BCUT2D eigenvalue weighted by atomic mass is 10.2. The van der Waals surface area contributed by atoms with E-state index < -0.39 is 6.04 Å². The highest BCUT2D eigenvalue weighted by Crippen LogP contribution is 2.11. The quantitative estimate of drug-likeness (QED) is 0.841. The summed E-state index contributed by atoms with van der Waals surface area (Å²) in [7, 11) is 0. The fourth-order valence-electron chi connectivity index (χ4n) is 1.56. The van der Waals surface area contributed by atoms with E-state index >= 15 is 0 Å². The zero-order valence-corrected chi connectivity index (χ0v) is 10.7. The molecular weight excluding hydrogens is 246 g/mol. The SMILES string of the molecule is N[C@@H](Cc1cccs1)C(=O)OCc1ccccc1. The molecule has 2 N–H and O–H groups in total. The van der Waals surface area contributed by atoms with Gasteiger partial charge in [0.25, 0.3) is 0 Å². The van der Waals surface area contributed by atoms with E-state index in [0.29, 0.717) is 6.42 Å². The van der Waals surface area contributed by atoms with Gasteiger partial charge in [0.2, 0.25) is 0 Å². The standard InChI is InChI=1S/C14H15NO2S/c15-13(9-12-7-4-8-18-12)14(16)17-10-11-5-2-1-3-6-11/h1-8,13H,9-10,15H2/t13-/m0/s1. The summed E-state index contributed by atoms with van der Waals surface area (Å²) in [5.74, 6) is -0.354. The maximum Gasteiger partial charge on any atom is 0.323 e. The summed E-state index contributed by atoms with van der Waals surface area (Å²) in [5.41, 5.74) is 6.77. The van der Waals surface area contributed by atoms with E-state index in [1.54, 1.807) is 11.3 Å². The lowest BCUT2D eigenvalue weighted by Crippen LogP contribution is -2.34. The van der Waals surface area contributed by atoms with Crippen molar-refractivity contribution in [3.63, 3.8) is 0 Å². The van der Waals surface area contributed by atoms with Crippen molar-refractivity contribution in [1.82, 2.24) is 0 Å². The van der Waals surface area contributed by atoms with Crippen LogP contribution in [0, 0.1) is 0 Å². The molecule has 0 unspecified atom stereocenters. The summed E-state index contributed by atoms with van der Waals surface area (Å²) in [6, 6.07) is 12.9. The van der Waals surface area contributed by atoms with Crippen LogP contribution < -0.4 is 5.73 Å². The second-order valence-electron chi connectivity index (χ2n) is 3.98. The smallest absolute Gasteiger partial charge is 0.323 e. The van der Waals surface area contributed by atoms with E-state index in [9.17, 15) is 4.79 Å². The first-order chi connectivity index (χ1) is 8.75. The Morgan fingerprint density at radius 3 is 2.67 bits per heavy atom. The highest BCUT2D eigenvalue weighted by Gasteiger charge is 2.16. The third-order valence-corrected chi connectivity index (χ3v) is 3.43. The highest BCUT2D eigenvalue weighted by molar-refractivity contribution is 7.09. The lowest BCUT2D eigenvalue weighted by molar-refractivity contribution is -0.146. The number of esters is 1. The van der Waals surface area contributed by atoms with Crippen molar-refractivity contribution in [2.24, 2.45) is 5.73 Å². The molecular formula is C14H15NO2S. The normalized spacial score (nSPS) is 12.1. The molecule has 2 rings (SSSR count). The van der Waals surface area contributed by atoms with Crippen molar-refractivity contribution in [2.45, 2.75) is 19.1 Å². The Bertz CT molecular complexity index is 482. The molecule has 0 aliphatic heterocycles. The summed E-state index contributed by atoms with van der Waals surface area (Å²) >= 11 is 1.60. The van der Waals surface area contributed by atoms with Crippen molar-refractivity contribution < 1.29 is 9.53 Å². The molecule has 0 aliphatic rings. The average Bonchev–Trinajstić information content (AvgIpc) is 2.90. The number of carbonyl (C=O) groups is 1. The first-order valence-corrected chi connectivity index (χ1v) is 6.62. The van der Waals surface area contributed by atoms with Crippen LogP contribution in [0.5, 0.6) is 0 Å². The van der Waals surface area contributed by atoms with Gasteiger partial charge in [0.1, 0.15) is 12.6 Å². The van der Waals surface area contributed by atoms with Crippen LogP contribution in [-0.4, -0.2) is 12.0 Å². The van der Waals surface area contributed by atoms with Crippen LogP contribution in [-0.2, 0) is 22.6 Å². The maximum absolute atomic E-state index is 11.7. The van der Waals surface area contributed by atoms with Crippen molar-refractivity contribution in [1.29, 1.82) is 0 Å². The Balaban J connectivity index is 1.81. The Morgan fingerprint density at radius 1 is 1.22 bits per heavy atom. The first-order valence-electron chi connectivity index (χ1n) is 5.74. The van der Waals surface area contributed by atoms with Crippen LogP contribution in [0.4, 0.5) is 0 Å². The second kappa shape index (κ2) is 6.33. The summed E-state index contributed by atoms with van der Waals surface area (Å²) in [5, 5.41) is 1.97. The van der Waals surface area contributed by atoms with Crippen molar-refractivity contribution in [2.75, 3.05) is 0 Å². The van der Waals surface area contributed by atoms with E-state index in [-0.39, 0.29) is 12.6 Å². The van der Waals surface area contributed by atoms with Crippen LogP contribution in [0.1, 0.15) is 10.4 Å². The predicted octanol–water partition coefficient (Wildman–Crippen LogP) is 2.36. The largest absolute Gasteiger partial charge is 0.460 e. The van der Waals surface area contributed by atoms with E-state index in [4.69, 9.17) is 10.5 Å². The number of ether oxygens (including phenoxy) is 1. The number of rotatable bonds is 5. The fraction of sp³-hybridized carbons (Fsp3) is 0.214. The summed E-state index contributed by atoms with van der Waals surface area (Å²) in [4.78, 5) is 12.8. The highest BCUT2D eigenvalue weighted by atomic mass is 32.1. The van der Waals surface area contributed by atoms with Gasteiger partial charge in [0.05, 0.1) is 0 Å².